The first-order valence-corrected chi connectivity index (χ1v) is 9.95. The van der Waals surface area contributed by atoms with Crippen LogP contribution in [0.1, 0.15) is 62.5 Å². The first kappa shape index (κ1) is 19.2. The van der Waals surface area contributed by atoms with E-state index in [0.717, 1.165) is 25.7 Å². The van der Waals surface area contributed by atoms with Gasteiger partial charge in [-0.1, -0.05) is 75.2 Å². The average Bonchev–Trinajstić information content (AvgIpc) is 2.72. The predicted octanol–water partition coefficient (Wildman–Crippen LogP) is 5.39. The van der Waals surface area contributed by atoms with Crippen LogP contribution >= 0.6 is 0 Å². The molecule has 1 saturated carbocycles. The fourth-order valence-electron chi connectivity index (χ4n) is 4.21. The minimum Gasteiger partial charge on any atom is -0.343 e. The predicted molar refractivity (Wildman–Crippen MR) is 109 cm³/mol. The Bertz CT molecular complexity index is 817. The van der Waals surface area contributed by atoms with Crippen molar-refractivity contribution in [2.45, 2.75) is 51.4 Å². The molecule has 0 heterocycles. The summed E-state index contributed by atoms with van der Waals surface area (Å²) in [6.07, 6.45) is 4.13. The van der Waals surface area contributed by atoms with E-state index in [9.17, 15) is 4.79 Å². The molecule has 1 amide bonds. The van der Waals surface area contributed by atoms with Crippen LogP contribution in [0.25, 0.3) is 11.1 Å². The SMILES string of the molecule is CC(C)c1ccc(-c2ccccc2C2CCCCC2C(=O)NCC#N)cc1. The van der Waals surface area contributed by atoms with Crippen LogP contribution in [0.5, 0.6) is 0 Å². The second-order valence-corrected chi connectivity index (χ2v) is 7.74. The molecule has 3 nitrogen and oxygen atoms in total. The van der Waals surface area contributed by atoms with Gasteiger partial charge < -0.3 is 5.32 Å². The van der Waals surface area contributed by atoms with E-state index in [1.807, 2.05) is 6.07 Å². The van der Waals surface area contributed by atoms with Gasteiger partial charge in [0.05, 0.1) is 6.07 Å². The number of amides is 1. The van der Waals surface area contributed by atoms with Crippen molar-refractivity contribution in [3.8, 4) is 17.2 Å². The van der Waals surface area contributed by atoms with Crippen LogP contribution in [0.15, 0.2) is 48.5 Å². The Hall–Kier alpha value is -2.60. The molecule has 0 spiro atoms. The van der Waals surface area contributed by atoms with E-state index >= 15 is 0 Å². The van der Waals surface area contributed by atoms with E-state index in [1.54, 1.807) is 0 Å². The molecule has 1 aliphatic rings. The zero-order valence-electron chi connectivity index (χ0n) is 16.2. The van der Waals surface area contributed by atoms with Crippen molar-refractivity contribution in [3.05, 3.63) is 59.7 Å². The topological polar surface area (TPSA) is 52.9 Å². The van der Waals surface area contributed by atoms with E-state index in [0.29, 0.717) is 5.92 Å². The molecular weight excluding hydrogens is 332 g/mol. The minimum atomic E-state index is -0.0526. The lowest BCUT2D eigenvalue weighted by atomic mass is 9.73. The lowest BCUT2D eigenvalue weighted by Crippen LogP contribution is -2.36. The summed E-state index contributed by atoms with van der Waals surface area (Å²) in [6.45, 7) is 4.49. The largest absolute Gasteiger partial charge is 0.343 e. The lowest BCUT2D eigenvalue weighted by molar-refractivity contribution is -0.126. The summed E-state index contributed by atoms with van der Waals surface area (Å²) in [5.41, 5.74) is 5.02. The van der Waals surface area contributed by atoms with Gasteiger partial charge in [0.1, 0.15) is 6.54 Å². The van der Waals surface area contributed by atoms with Gasteiger partial charge in [0.2, 0.25) is 5.91 Å². The summed E-state index contributed by atoms with van der Waals surface area (Å²) in [4.78, 5) is 12.6. The molecule has 1 N–H and O–H groups in total. The van der Waals surface area contributed by atoms with Crippen molar-refractivity contribution in [1.29, 1.82) is 5.26 Å². The molecule has 2 aromatic carbocycles. The van der Waals surface area contributed by atoms with Crippen molar-refractivity contribution < 1.29 is 4.79 Å². The molecule has 3 heteroatoms. The molecule has 0 saturated heterocycles. The number of rotatable bonds is 5. The average molecular weight is 361 g/mol. The maximum absolute atomic E-state index is 12.6. The number of nitriles is 1. The Morgan fingerprint density at radius 3 is 2.52 bits per heavy atom. The smallest absolute Gasteiger partial charge is 0.224 e. The molecule has 0 radical (unpaired) electrons. The Kier molecular flexibility index (Phi) is 6.29. The highest BCUT2D eigenvalue weighted by Gasteiger charge is 2.33. The summed E-state index contributed by atoms with van der Waals surface area (Å²) in [6, 6.07) is 19.3. The summed E-state index contributed by atoms with van der Waals surface area (Å²) in [7, 11) is 0. The summed E-state index contributed by atoms with van der Waals surface area (Å²) >= 11 is 0. The van der Waals surface area contributed by atoms with Gasteiger partial charge in [0, 0.05) is 5.92 Å². The zero-order valence-corrected chi connectivity index (χ0v) is 16.2. The number of hydrogen-bond donors (Lipinski definition) is 1. The van der Waals surface area contributed by atoms with E-state index in [2.05, 4.69) is 67.7 Å². The molecule has 140 valence electrons. The molecule has 2 atom stereocenters. The monoisotopic (exact) mass is 360 g/mol. The molecule has 27 heavy (non-hydrogen) atoms. The molecule has 1 aliphatic carbocycles. The third-order valence-corrected chi connectivity index (χ3v) is 5.69. The van der Waals surface area contributed by atoms with E-state index in [1.165, 1.54) is 22.3 Å². The quantitative estimate of drug-likeness (QED) is 0.727. The van der Waals surface area contributed by atoms with Crippen LogP contribution in [0.2, 0.25) is 0 Å². The van der Waals surface area contributed by atoms with Gasteiger partial charge in [0.25, 0.3) is 0 Å². The van der Waals surface area contributed by atoms with Crippen LogP contribution in [0.3, 0.4) is 0 Å². The standard InChI is InChI=1S/C24H28N2O/c1-17(2)18-11-13-19(14-12-18)20-7-3-4-8-21(20)22-9-5-6-10-23(22)24(27)26-16-15-25/h3-4,7-8,11-14,17,22-23H,5-6,9-10,16H2,1-2H3,(H,26,27). The lowest BCUT2D eigenvalue weighted by Gasteiger charge is -2.32. The fourth-order valence-corrected chi connectivity index (χ4v) is 4.21. The van der Waals surface area contributed by atoms with Crippen LogP contribution in [-0.4, -0.2) is 12.5 Å². The minimum absolute atomic E-state index is 0.0196. The number of nitrogens with one attached hydrogen (secondary N) is 1. The fraction of sp³-hybridized carbons (Fsp3) is 0.417. The van der Waals surface area contributed by atoms with Crippen molar-refractivity contribution in [3.63, 3.8) is 0 Å². The van der Waals surface area contributed by atoms with E-state index < -0.39 is 0 Å². The van der Waals surface area contributed by atoms with Crippen LogP contribution in [0.4, 0.5) is 0 Å². The molecule has 1 fully saturated rings. The highest BCUT2D eigenvalue weighted by atomic mass is 16.1. The number of carbonyl (C=O) groups is 1. The summed E-state index contributed by atoms with van der Waals surface area (Å²) < 4.78 is 0. The van der Waals surface area contributed by atoms with Crippen LogP contribution in [0, 0.1) is 17.2 Å². The number of carbonyl (C=O) groups excluding carboxylic acids is 1. The third-order valence-electron chi connectivity index (χ3n) is 5.69. The summed E-state index contributed by atoms with van der Waals surface area (Å²) in [5, 5.41) is 11.6. The van der Waals surface area contributed by atoms with Crippen LogP contribution in [-0.2, 0) is 4.79 Å². The van der Waals surface area contributed by atoms with Gasteiger partial charge in [-0.15, -0.1) is 0 Å². The van der Waals surface area contributed by atoms with Gasteiger partial charge in [-0.2, -0.15) is 5.26 Å². The third kappa shape index (κ3) is 4.39. The molecular formula is C24H28N2O. The zero-order chi connectivity index (χ0) is 19.2. The second kappa shape index (κ2) is 8.86. The molecule has 0 aromatic heterocycles. The van der Waals surface area contributed by atoms with Gasteiger partial charge in [-0.3, -0.25) is 4.79 Å². The molecule has 0 bridgehead atoms. The van der Waals surface area contributed by atoms with E-state index in [-0.39, 0.29) is 24.3 Å². The Morgan fingerprint density at radius 2 is 1.81 bits per heavy atom. The van der Waals surface area contributed by atoms with Crippen molar-refractivity contribution in [1.82, 2.24) is 5.32 Å². The molecule has 2 aromatic rings. The van der Waals surface area contributed by atoms with E-state index in [4.69, 9.17) is 5.26 Å². The Morgan fingerprint density at radius 1 is 1.11 bits per heavy atom. The Balaban J connectivity index is 1.94. The van der Waals surface area contributed by atoms with Crippen molar-refractivity contribution in [2.24, 2.45) is 5.92 Å². The maximum atomic E-state index is 12.6. The van der Waals surface area contributed by atoms with Crippen molar-refractivity contribution in [2.75, 3.05) is 6.54 Å². The normalized spacial score (nSPS) is 19.5. The van der Waals surface area contributed by atoms with Gasteiger partial charge in [-0.05, 0) is 46.9 Å². The number of hydrogen-bond acceptors (Lipinski definition) is 2. The highest BCUT2D eigenvalue weighted by molar-refractivity contribution is 5.81. The first-order valence-electron chi connectivity index (χ1n) is 9.95. The Labute approximate surface area is 162 Å². The van der Waals surface area contributed by atoms with Gasteiger partial charge >= 0.3 is 0 Å². The summed E-state index contributed by atoms with van der Waals surface area (Å²) in [5.74, 6) is 0.689. The maximum Gasteiger partial charge on any atom is 0.224 e. The van der Waals surface area contributed by atoms with Gasteiger partial charge in [-0.25, -0.2) is 0 Å². The highest BCUT2D eigenvalue weighted by Crippen LogP contribution is 2.42. The number of nitrogens with zero attached hydrogens (tertiary/aromatic N) is 1. The number of benzene rings is 2. The van der Waals surface area contributed by atoms with Gasteiger partial charge in [0.15, 0.2) is 0 Å². The molecule has 3 rings (SSSR count). The molecule has 0 aliphatic heterocycles. The van der Waals surface area contributed by atoms with Crippen molar-refractivity contribution >= 4 is 5.91 Å². The van der Waals surface area contributed by atoms with Crippen LogP contribution < -0.4 is 5.32 Å². The molecule has 2 unspecified atom stereocenters. The first-order chi connectivity index (χ1) is 13.1. The second-order valence-electron chi connectivity index (χ2n) is 7.74.